The third-order valence-electron chi connectivity index (χ3n) is 3.59. The molecule has 2 amide bonds. The van der Waals surface area contributed by atoms with Gasteiger partial charge in [-0.05, 0) is 37.6 Å². The Morgan fingerprint density at radius 3 is 2.56 bits per heavy atom. The highest BCUT2D eigenvalue weighted by Gasteiger charge is 2.15. The second kappa shape index (κ2) is 8.91. The molecule has 0 aliphatic heterocycles. The van der Waals surface area contributed by atoms with Crippen molar-refractivity contribution in [2.75, 3.05) is 5.32 Å². The van der Waals surface area contributed by atoms with E-state index in [0.717, 1.165) is 11.6 Å². The molecule has 0 unspecified atom stereocenters. The molecule has 140 valence electrons. The molecule has 0 fully saturated rings. The Kier molecular flexibility index (Phi) is 6.62. The molecule has 2 N–H and O–H groups in total. The molecule has 0 saturated carbocycles. The van der Waals surface area contributed by atoms with Gasteiger partial charge in [0, 0.05) is 23.0 Å². The summed E-state index contributed by atoms with van der Waals surface area (Å²) in [4.78, 5) is 34.2. The summed E-state index contributed by atoms with van der Waals surface area (Å²) in [6.07, 6.45) is -0.00433. The lowest BCUT2D eigenvalue weighted by Crippen LogP contribution is -2.21. The monoisotopic (exact) mass is 388 g/mol. The number of nitro benzene ring substituents is 1. The molecule has 0 bridgehead atoms. The van der Waals surface area contributed by atoms with Gasteiger partial charge in [-0.1, -0.05) is 29.8 Å². The SMILES string of the molecule is C/C(CC(=O)Nc1ccccc1C)=N\NC(=O)c1ccc([N+](=O)[O-])c(Cl)c1. The number of rotatable bonds is 6. The first-order chi connectivity index (χ1) is 12.8. The Bertz CT molecular complexity index is 927. The molecule has 0 spiro atoms. The van der Waals surface area contributed by atoms with E-state index in [2.05, 4.69) is 15.8 Å². The van der Waals surface area contributed by atoms with Crippen molar-refractivity contribution in [2.45, 2.75) is 20.3 Å². The summed E-state index contributed by atoms with van der Waals surface area (Å²) in [6, 6.07) is 11.0. The quantitative estimate of drug-likeness (QED) is 0.446. The Balaban J connectivity index is 1.95. The number of halogens is 1. The van der Waals surface area contributed by atoms with Crippen molar-refractivity contribution in [3.05, 3.63) is 68.7 Å². The fraction of sp³-hybridized carbons (Fsp3) is 0.167. The number of para-hydroxylation sites is 1. The van der Waals surface area contributed by atoms with Crippen molar-refractivity contribution in [3.8, 4) is 0 Å². The molecular formula is C18H17ClN4O4. The van der Waals surface area contributed by atoms with Crippen LogP contribution in [0.15, 0.2) is 47.6 Å². The smallest absolute Gasteiger partial charge is 0.287 e. The summed E-state index contributed by atoms with van der Waals surface area (Å²) in [5.74, 6) is -0.858. The largest absolute Gasteiger partial charge is 0.326 e. The molecule has 0 aliphatic rings. The Labute approximate surface area is 160 Å². The topological polar surface area (TPSA) is 114 Å². The minimum Gasteiger partial charge on any atom is -0.326 e. The van der Waals surface area contributed by atoms with Gasteiger partial charge in [0.25, 0.3) is 11.6 Å². The normalized spacial score (nSPS) is 11.0. The first kappa shape index (κ1) is 20.1. The maximum Gasteiger partial charge on any atom is 0.287 e. The van der Waals surface area contributed by atoms with Gasteiger partial charge in [0.15, 0.2) is 0 Å². The number of nitrogens with zero attached hydrogens (tertiary/aromatic N) is 2. The van der Waals surface area contributed by atoms with Crippen LogP contribution in [0.2, 0.25) is 5.02 Å². The number of benzene rings is 2. The van der Waals surface area contributed by atoms with Crippen molar-refractivity contribution in [1.29, 1.82) is 0 Å². The van der Waals surface area contributed by atoms with Crippen molar-refractivity contribution in [1.82, 2.24) is 5.43 Å². The highest BCUT2D eigenvalue weighted by molar-refractivity contribution is 6.33. The molecular weight excluding hydrogens is 372 g/mol. The van der Waals surface area contributed by atoms with Crippen molar-refractivity contribution in [3.63, 3.8) is 0 Å². The molecule has 27 heavy (non-hydrogen) atoms. The van der Waals surface area contributed by atoms with Crippen LogP contribution in [-0.2, 0) is 4.79 Å². The number of hydrogen-bond acceptors (Lipinski definition) is 5. The number of nitro groups is 1. The van der Waals surface area contributed by atoms with Gasteiger partial charge < -0.3 is 5.32 Å². The number of aryl methyl sites for hydroxylation is 1. The third-order valence-corrected chi connectivity index (χ3v) is 3.89. The van der Waals surface area contributed by atoms with Gasteiger partial charge in [-0.3, -0.25) is 19.7 Å². The lowest BCUT2D eigenvalue weighted by Gasteiger charge is -2.08. The number of carbonyl (C=O) groups excluding carboxylic acids is 2. The second-order valence-electron chi connectivity index (χ2n) is 5.75. The van der Waals surface area contributed by atoms with E-state index in [4.69, 9.17) is 11.6 Å². The molecule has 8 nitrogen and oxygen atoms in total. The molecule has 2 aromatic carbocycles. The predicted molar refractivity (Wildman–Crippen MR) is 103 cm³/mol. The van der Waals surface area contributed by atoms with E-state index in [9.17, 15) is 19.7 Å². The summed E-state index contributed by atoms with van der Waals surface area (Å²) in [5, 5.41) is 17.2. The van der Waals surface area contributed by atoms with Crippen LogP contribution in [0.25, 0.3) is 0 Å². The predicted octanol–water partition coefficient (Wildman–Crippen LogP) is 3.69. The molecule has 0 saturated heterocycles. The highest BCUT2D eigenvalue weighted by atomic mass is 35.5. The van der Waals surface area contributed by atoms with Gasteiger partial charge in [-0.25, -0.2) is 5.43 Å². The summed E-state index contributed by atoms with van der Waals surface area (Å²) in [7, 11) is 0. The van der Waals surface area contributed by atoms with E-state index in [1.807, 2.05) is 25.1 Å². The van der Waals surface area contributed by atoms with Crippen molar-refractivity contribution < 1.29 is 14.5 Å². The third kappa shape index (κ3) is 5.61. The molecule has 0 heterocycles. The first-order valence-electron chi connectivity index (χ1n) is 7.91. The summed E-state index contributed by atoms with van der Waals surface area (Å²) in [5.41, 5.74) is 4.16. The standard InChI is InChI=1S/C18H17ClN4O4/c1-11-5-3-4-6-15(11)20-17(24)9-12(2)21-22-18(25)13-7-8-16(23(26)27)14(19)10-13/h3-8,10H,9H2,1-2H3,(H,20,24)(H,22,25)/b21-12+. The van der Waals surface area contributed by atoms with Crippen LogP contribution in [0.4, 0.5) is 11.4 Å². The number of hydrogen-bond donors (Lipinski definition) is 2. The lowest BCUT2D eigenvalue weighted by molar-refractivity contribution is -0.384. The maximum absolute atomic E-state index is 12.1. The number of carbonyl (C=O) groups is 2. The number of nitrogens with one attached hydrogen (secondary N) is 2. The molecule has 0 radical (unpaired) electrons. The molecule has 2 rings (SSSR count). The van der Waals surface area contributed by atoms with Crippen molar-refractivity contribution >= 4 is 40.5 Å². The minimum atomic E-state index is -0.640. The van der Waals surface area contributed by atoms with Gasteiger partial charge in [-0.15, -0.1) is 0 Å². The van der Waals surface area contributed by atoms with Crippen LogP contribution in [0.1, 0.15) is 29.3 Å². The van der Waals surface area contributed by atoms with Gasteiger partial charge >= 0.3 is 0 Å². The van der Waals surface area contributed by atoms with Gasteiger partial charge in [0.2, 0.25) is 5.91 Å². The molecule has 9 heteroatoms. The number of anilines is 1. The zero-order valence-electron chi connectivity index (χ0n) is 14.7. The van der Waals surface area contributed by atoms with E-state index < -0.39 is 10.8 Å². The van der Waals surface area contributed by atoms with E-state index in [1.165, 1.54) is 12.1 Å². The van der Waals surface area contributed by atoms with Gasteiger partial charge in [0.05, 0.1) is 11.3 Å². The maximum atomic E-state index is 12.1. The van der Waals surface area contributed by atoms with Crippen LogP contribution in [0, 0.1) is 17.0 Å². The average molecular weight is 389 g/mol. The zero-order chi connectivity index (χ0) is 20.0. The van der Waals surface area contributed by atoms with Crippen LogP contribution in [0.5, 0.6) is 0 Å². The van der Waals surface area contributed by atoms with E-state index in [-0.39, 0.29) is 28.6 Å². The Morgan fingerprint density at radius 1 is 1.22 bits per heavy atom. The zero-order valence-corrected chi connectivity index (χ0v) is 15.4. The fourth-order valence-electron chi connectivity index (χ4n) is 2.19. The van der Waals surface area contributed by atoms with Crippen LogP contribution in [-0.4, -0.2) is 22.4 Å². The first-order valence-corrected chi connectivity index (χ1v) is 8.28. The summed E-state index contributed by atoms with van der Waals surface area (Å²) < 4.78 is 0. The van der Waals surface area contributed by atoms with Gasteiger partial charge in [0.1, 0.15) is 5.02 Å². The highest BCUT2D eigenvalue weighted by Crippen LogP contribution is 2.24. The number of hydrazone groups is 1. The van der Waals surface area contributed by atoms with Crippen molar-refractivity contribution in [2.24, 2.45) is 5.10 Å². The Morgan fingerprint density at radius 2 is 1.93 bits per heavy atom. The van der Waals surface area contributed by atoms with E-state index >= 15 is 0 Å². The summed E-state index contributed by atoms with van der Waals surface area (Å²) in [6.45, 7) is 3.48. The van der Waals surface area contributed by atoms with E-state index in [0.29, 0.717) is 11.4 Å². The van der Waals surface area contributed by atoms with Crippen LogP contribution in [0.3, 0.4) is 0 Å². The fourth-order valence-corrected chi connectivity index (χ4v) is 2.44. The molecule has 0 atom stereocenters. The van der Waals surface area contributed by atoms with E-state index in [1.54, 1.807) is 13.0 Å². The van der Waals surface area contributed by atoms with Crippen LogP contribution < -0.4 is 10.7 Å². The van der Waals surface area contributed by atoms with Gasteiger partial charge in [-0.2, -0.15) is 5.10 Å². The lowest BCUT2D eigenvalue weighted by atomic mass is 10.2. The second-order valence-corrected chi connectivity index (χ2v) is 6.16. The minimum absolute atomic E-state index is 0.00433. The summed E-state index contributed by atoms with van der Waals surface area (Å²) >= 11 is 5.78. The average Bonchev–Trinajstić information content (AvgIpc) is 2.61. The van der Waals surface area contributed by atoms with Crippen LogP contribution >= 0.6 is 11.6 Å². The molecule has 2 aromatic rings. The molecule has 0 aromatic heterocycles. The Hall–Kier alpha value is -3.26. The number of amides is 2. The molecule has 0 aliphatic carbocycles.